The van der Waals surface area contributed by atoms with Gasteiger partial charge < -0.3 is 14.7 Å². The lowest BCUT2D eigenvalue weighted by Gasteiger charge is -2.22. The van der Waals surface area contributed by atoms with Crippen LogP contribution in [0.4, 0.5) is 0 Å². The number of aliphatic hydroxyl groups excluding tert-OH is 1. The number of ether oxygens (including phenoxy) is 1. The van der Waals surface area contributed by atoms with E-state index in [0.29, 0.717) is 13.0 Å². The van der Waals surface area contributed by atoms with E-state index in [4.69, 9.17) is 9.57 Å². The van der Waals surface area contributed by atoms with Crippen LogP contribution in [0.15, 0.2) is 12.2 Å². The molecule has 1 N–H and O–H groups in total. The zero-order valence-corrected chi connectivity index (χ0v) is 50.1. The number of allylic oxidation sites excluding steroid dienone is 2. The minimum absolute atomic E-state index is 0.0113. The first-order valence-corrected chi connectivity index (χ1v) is 32.3. The highest BCUT2D eigenvalue weighted by Crippen LogP contribution is 2.23. The highest BCUT2D eigenvalue weighted by molar-refractivity contribution is 5.77. The molecule has 0 saturated heterocycles. The number of carbonyl (C=O) groups is 2. The molecule has 0 aliphatic heterocycles. The van der Waals surface area contributed by atoms with Crippen molar-refractivity contribution in [3.05, 3.63) is 12.2 Å². The molecule has 430 valence electrons. The summed E-state index contributed by atoms with van der Waals surface area (Å²) in [6.45, 7) is 15.2. The summed E-state index contributed by atoms with van der Waals surface area (Å²) in [5.74, 6) is 1.11. The largest absolute Gasteiger partial charge is 0.466 e. The van der Waals surface area contributed by atoms with Crippen LogP contribution in [0.1, 0.15) is 336 Å². The molecule has 0 fully saturated rings. The highest BCUT2D eigenvalue weighted by atomic mass is 16.7. The zero-order chi connectivity index (χ0) is 53.1. The number of esters is 1. The summed E-state index contributed by atoms with van der Waals surface area (Å²) in [4.78, 5) is 31.9. The SMILES string of the molecule is CCCCCCCCC(CCCCCCCC)C(=O)N(C)OC.CCCCCCCCCOC(=O)CCCCCCCN(CCO)CCCCCCC/C=C\C(CCCCCCCC)CCCCCCCC. The molecular weight excluding hydrogens is 889 g/mol. The van der Waals surface area contributed by atoms with E-state index >= 15 is 0 Å². The molecule has 0 heterocycles. The Morgan fingerprint density at radius 2 is 0.806 bits per heavy atom. The van der Waals surface area contributed by atoms with Crippen LogP contribution in [0.25, 0.3) is 0 Å². The molecule has 7 heteroatoms. The molecule has 0 aliphatic carbocycles. The van der Waals surface area contributed by atoms with E-state index in [1.54, 1.807) is 14.2 Å². The Balaban J connectivity index is 0. The van der Waals surface area contributed by atoms with Crippen molar-refractivity contribution in [1.29, 1.82) is 0 Å². The van der Waals surface area contributed by atoms with Crippen molar-refractivity contribution in [3.63, 3.8) is 0 Å². The summed E-state index contributed by atoms with van der Waals surface area (Å²) in [7, 11) is 3.31. The van der Waals surface area contributed by atoms with Crippen LogP contribution in [0.2, 0.25) is 0 Å². The predicted octanol–water partition coefficient (Wildman–Crippen LogP) is 20.1. The minimum Gasteiger partial charge on any atom is -0.466 e. The molecule has 0 unspecified atom stereocenters. The molecule has 0 aromatic rings. The predicted molar refractivity (Wildman–Crippen MR) is 316 cm³/mol. The summed E-state index contributed by atoms with van der Waals surface area (Å²) < 4.78 is 5.42. The molecular formula is C65H130N2O5. The lowest BCUT2D eigenvalue weighted by molar-refractivity contribution is -0.174. The second kappa shape index (κ2) is 62.1. The first kappa shape index (κ1) is 72.6. The van der Waals surface area contributed by atoms with Gasteiger partial charge in [0.2, 0.25) is 5.91 Å². The van der Waals surface area contributed by atoms with Crippen molar-refractivity contribution in [2.75, 3.05) is 47.0 Å². The number of hydroxylamine groups is 2. The first-order valence-electron chi connectivity index (χ1n) is 32.3. The quantitative estimate of drug-likeness (QED) is 0.0283. The molecule has 0 radical (unpaired) electrons. The van der Waals surface area contributed by atoms with E-state index in [1.807, 2.05) is 0 Å². The second-order valence-corrected chi connectivity index (χ2v) is 22.1. The average molecular weight is 1020 g/mol. The van der Waals surface area contributed by atoms with Crippen LogP contribution in [-0.4, -0.2) is 74.0 Å². The van der Waals surface area contributed by atoms with E-state index in [1.165, 1.54) is 268 Å². The molecule has 0 saturated carbocycles. The Bertz CT molecular complexity index is 1050. The lowest BCUT2D eigenvalue weighted by atomic mass is 9.93. The molecule has 0 bridgehead atoms. The number of unbranched alkanes of at least 4 members (excludes halogenated alkanes) is 35. The smallest absolute Gasteiger partial charge is 0.305 e. The molecule has 72 heavy (non-hydrogen) atoms. The molecule has 0 aliphatic rings. The highest BCUT2D eigenvalue weighted by Gasteiger charge is 2.21. The van der Waals surface area contributed by atoms with Gasteiger partial charge in [-0.1, -0.05) is 278 Å². The summed E-state index contributed by atoms with van der Waals surface area (Å²) in [6, 6.07) is 0. The van der Waals surface area contributed by atoms with Crippen molar-refractivity contribution in [2.24, 2.45) is 11.8 Å². The van der Waals surface area contributed by atoms with Gasteiger partial charge in [-0.3, -0.25) is 14.4 Å². The Morgan fingerprint density at radius 1 is 0.444 bits per heavy atom. The number of carbonyl (C=O) groups excluding carboxylic acids is 2. The van der Waals surface area contributed by atoms with Crippen LogP contribution < -0.4 is 0 Å². The number of amides is 1. The molecule has 0 aromatic carbocycles. The van der Waals surface area contributed by atoms with Crippen LogP contribution in [0, 0.1) is 11.8 Å². The summed E-state index contributed by atoms with van der Waals surface area (Å²) in [6.07, 6.45) is 65.1. The van der Waals surface area contributed by atoms with Crippen molar-refractivity contribution >= 4 is 11.9 Å². The van der Waals surface area contributed by atoms with E-state index in [9.17, 15) is 14.7 Å². The second-order valence-electron chi connectivity index (χ2n) is 22.1. The fourth-order valence-corrected chi connectivity index (χ4v) is 10.1. The maximum absolute atomic E-state index is 12.4. The van der Waals surface area contributed by atoms with E-state index < -0.39 is 0 Å². The Morgan fingerprint density at radius 3 is 1.22 bits per heavy atom. The minimum atomic E-state index is -0.0113. The Hall–Kier alpha value is -1.44. The standard InChI is InChI=1S/C45H89NO3.C20H41NO2/c1-4-7-10-13-19-27-34-43-49-45(48)38-31-24-20-26-33-40-46(41-42-47)39-32-25-18-16-17-23-30-37-44(35-28-21-14-11-8-5-2)36-29-22-15-12-9-6-3;1-5-7-9-11-13-15-17-19(20(22)21(3)23-4)18-16-14-12-10-8-6-2/h30,37,44,47H,4-29,31-36,38-43H2,1-3H3;19H,5-18H2,1-4H3/b37-30-;. The summed E-state index contributed by atoms with van der Waals surface area (Å²) in [5.41, 5.74) is 0. The molecule has 0 atom stereocenters. The fourth-order valence-electron chi connectivity index (χ4n) is 10.1. The summed E-state index contributed by atoms with van der Waals surface area (Å²) in [5, 5.41) is 11.0. The number of hydrogen-bond acceptors (Lipinski definition) is 6. The van der Waals surface area contributed by atoms with Crippen LogP contribution in [0.3, 0.4) is 0 Å². The zero-order valence-electron chi connectivity index (χ0n) is 50.1. The van der Waals surface area contributed by atoms with Gasteiger partial charge in [0.25, 0.3) is 0 Å². The van der Waals surface area contributed by atoms with E-state index in [0.717, 1.165) is 57.7 Å². The molecule has 0 spiro atoms. The van der Waals surface area contributed by atoms with Crippen LogP contribution in [0.5, 0.6) is 0 Å². The normalized spacial score (nSPS) is 11.7. The van der Waals surface area contributed by atoms with Gasteiger partial charge in [0, 0.05) is 25.9 Å². The van der Waals surface area contributed by atoms with Crippen molar-refractivity contribution in [2.45, 2.75) is 336 Å². The van der Waals surface area contributed by atoms with Gasteiger partial charge in [-0.2, -0.15) is 0 Å². The maximum atomic E-state index is 12.4. The third kappa shape index (κ3) is 54.8. The third-order valence-corrected chi connectivity index (χ3v) is 15.1. The van der Waals surface area contributed by atoms with Crippen molar-refractivity contribution in [3.8, 4) is 0 Å². The number of nitrogens with zero attached hydrogens (tertiary/aromatic N) is 2. The average Bonchev–Trinajstić information content (AvgIpc) is 3.39. The van der Waals surface area contributed by atoms with Crippen LogP contribution >= 0.6 is 0 Å². The third-order valence-electron chi connectivity index (χ3n) is 15.1. The maximum Gasteiger partial charge on any atom is 0.305 e. The molecule has 0 rings (SSSR count). The van der Waals surface area contributed by atoms with Crippen molar-refractivity contribution < 1.29 is 24.3 Å². The van der Waals surface area contributed by atoms with Gasteiger partial charge in [0.15, 0.2) is 0 Å². The van der Waals surface area contributed by atoms with Gasteiger partial charge in [-0.15, -0.1) is 0 Å². The number of rotatable bonds is 57. The van der Waals surface area contributed by atoms with Gasteiger partial charge >= 0.3 is 5.97 Å². The topological polar surface area (TPSA) is 79.3 Å². The Labute approximate surface area is 451 Å². The lowest BCUT2D eigenvalue weighted by Crippen LogP contribution is -2.32. The van der Waals surface area contributed by atoms with Gasteiger partial charge in [-0.25, -0.2) is 5.06 Å². The van der Waals surface area contributed by atoms with E-state index in [2.05, 4.69) is 51.7 Å². The molecule has 7 nitrogen and oxygen atoms in total. The Kier molecular flexibility index (Phi) is 62.6. The van der Waals surface area contributed by atoms with Gasteiger partial charge in [0.05, 0.1) is 20.3 Å². The van der Waals surface area contributed by atoms with Crippen molar-refractivity contribution in [1.82, 2.24) is 9.96 Å². The molecule has 1 amide bonds. The van der Waals surface area contributed by atoms with Gasteiger partial charge in [0.1, 0.15) is 0 Å². The molecule has 0 aromatic heterocycles. The fraction of sp³-hybridized carbons (Fsp3) is 0.938. The summed E-state index contributed by atoms with van der Waals surface area (Å²) >= 11 is 0. The van der Waals surface area contributed by atoms with E-state index in [-0.39, 0.29) is 24.4 Å². The first-order chi connectivity index (χ1) is 35.3. The van der Waals surface area contributed by atoms with Gasteiger partial charge in [-0.05, 0) is 83.2 Å². The number of hydrogen-bond donors (Lipinski definition) is 1. The monoisotopic (exact) mass is 1020 g/mol. The van der Waals surface area contributed by atoms with Crippen LogP contribution in [-0.2, 0) is 19.2 Å². The number of aliphatic hydroxyl groups is 1.